The van der Waals surface area contributed by atoms with Crippen LogP contribution in [0.2, 0.25) is 0 Å². The molecule has 1 amide bonds. The Kier molecular flexibility index (Phi) is 3.27. The highest BCUT2D eigenvalue weighted by molar-refractivity contribution is 7.13. The van der Waals surface area contributed by atoms with Crippen molar-refractivity contribution in [1.82, 2.24) is 9.88 Å². The minimum Gasteiger partial charge on any atom is -0.481 e. The molecule has 1 fully saturated rings. The van der Waals surface area contributed by atoms with Crippen molar-refractivity contribution in [2.45, 2.75) is 6.42 Å². The van der Waals surface area contributed by atoms with Gasteiger partial charge in [0.1, 0.15) is 17.0 Å². The Bertz CT molecular complexity index is 635. The molecule has 7 heteroatoms. The lowest BCUT2D eigenvalue weighted by atomic mass is 10.1. The number of carbonyl (C=O) groups excluding carboxylic acids is 1. The fourth-order valence-corrected chi connectivity index (χ4v) is 2.98. The third kappa shape index (κ3) is 2.32. The van der Waals surface area contributed by atoms with Gasteiger partial charge < -0.3 is 14.4 Å². The predicted molar refractivity (Wildman–Crippen MR) is 71.5 cm³/mol. The zero-order chi connectivity index (χ0) is 14.1. The number of furan rings is 1. The molecule has 20 heavy (non-hydrogen) atoms. The van der Waals surface area contributed by atoms with E-state index in [9.17, 15) is 9.59 Å². The lowest BCUT2D eigenvalue weighted by Gasteiger charge is -2.13. The van der Waals surface area contributed by atoms with Crippen LogP contribution in [0.3, 0.4) is 0 Å². The Morgan fingerprint density at radius 3 is 3.00 bits per heavy atom. The van der Waals surface area contributed by atoms with Gasteiger partial charge >= 0.3 is 5.97 Å². The second-order valence-corrected chi connectivity index (χ2v) is 5.48. The van der Waals surface area contributed by atoms with E-state index in [2.05, 4.69) is 4.98 Å². The Hall–Kier alpha value is -2.15. The highest BCUT2D eigenvalue weighted by Crippen LogP contribution is 2.25. The minimum absolute atomic E-state index is 0.209. The minimum atomic E-state index is -0.849. The Labute approximate surface area is 118 Å². The van der Waals surface area contributed by atoms with E-state index in [-0.39, 0.29) is 12.5 Å². The van der Waals surface area contributed by atoms with Crippen LogP contribution in [0.4, 0.5) is 0 Å². The quantitative estimate of drug-likeness (QED) is 0.934. The topological polar surface area (TPSA) is 83.6 Å². The predicted octanol–water partition coefficient (Wildman–Crippen LogP) is 1.95. The zero-order valence-corrected chi connectivity index (χ0v) is 11.3. The third-order valence-corrected chi connectivity index (χ3v) is 4.21. The first-order valence-corrected chi connectivity index (χ1v) is 7.03. The number of carboxylic acids is 1. The number of hydrogen-bond acceptors (Lipinski definition) is 5. The van der Waals surface area contributed by atoms with Crippen molar-refractivity contribution in [2.24, 2.45) is 5.92 Å². The van der Waals surface area contributed by atoms with Crippen molar-refractivity contribution in [1.29, 1.82) is 0 Å². The van der Waals surface area contributed by atoms with Crippen molar-refractivity contribution in [3.63, 3.8) is 0 Å². The van der Waals surface area contributed by atoms with E-state index in [1.54, 1.807) is 28.9 Å². The van der Waals surface area contributed by atoms with Crippen LogP contribution in [0.1, 0.15) is 16.9 Å². The van der Waals surface area contributed by atoms with Crippen LogP contribution in [0.5, 0.6) is 0 Å². The van der Waals surface area contributed by atoms with Crippen LogP contribution in [0, 0.1) is 5.92 Å². The van der Waals surface area contributed by atoms with E-state index < -0.39 is 11.9 Å². The fraction of sp³-hybridized carbons (Fsp3) is 0.308. The van der Waals surface area contributed by atoms with Gasteiger partial charge in [0.15, 0.2) is 0 Å². The van der Waals surface area contributed by atoms with Gasteiger partial charge in [0.2, 0.25) is 0 Å². The largest absolute Gasteiger partial charge is 0.481 e. The molecule has 6 nitrogen and oxygen atoms in total. The van der Waals surface area contributed by atoms with Gasteiger partial charge in [-0.3, -0.25) is 9.59 Å². The van der Waals surface area contributed by atoms with E-state index in [0.29, 0.717) is 18.7 Å². The normalized spacial score (nSPS) is 18.4. The number of aliphatic carboxylic acids is 1. The monoisotopic (exact) mass is 292 g/mol. The first kappa shape index (κ1) is 12.9. The van der Waals surface area contributed by atoms with Gasteiger partial charge in [0.05, 0.1) is 12.2 Å². The SMILES string of the molecule is O=C(O)[C@@H]1CCN(C(=O)c2csc(-c3ccoc3)n2)C1. The molecule has 0 saturated carbocycles. The second-order valence-electron chi connectivity index (χ2n) is 4.62. The van der Waals surface area contributed by atoms with Crippen LogP contribution in [-0.2, 0) is 4.79 Å². The summed E-state index contributed by atoms with van der Waals surface area (Å²) in [5, 5.41) is 11.4. The van der Waals surface area contributed by atoms with Gasteiger partial charge in [-0.1, -0.05) is 0 Å². The molecule has 104 valence electrons. The van der Waals surface area contributed by atoms with Crippen molar-refractivity contribution >= 4 is 23.2 Å². The first-order valence-electron chi connectivity index (χ1n) is 6.15. The van der Waals surface area contributed by atoms with Crippen molar-refractivity contribution < 1.29 is 19.1 Å². The summed E-state index contributed by atoms with van der Waals surface area (Å²) < 4.78 is 4.98. The highest BCUT2D eigenvalue weighted by atomic mass is 32.1. The molecule has 2 aromatic rings. The fourth-order valence-electron chi connectivity index (χ4n) is 2.20. The first-order chi connectivity index (χ1) is 9.65. The molecule has 3 heterocycles. The van der Waals surface area contributed by atoms with Crippen molar-refractivity contribution in [3.05, 3.63) is 29.7 Å². The summed E-state index contributed by atoms with van der Waals surface area (Å²) >= 11 is 1.37. The lowest BCUT2D eigenvalue weighted by molar-refractivity contribution is -0.141. The molecule has 1 saturated heterocycles. The van der Waals surface area contributed by atoms with E-state index in [0.717, 1.165) is 10.6 Å². The van der Waals surface area contributed by atoms with E-state index in [1.165, 1.54) is 11.3 Å². The maximum atomic E-state index is 12.3. The molecule has 2 aromatic heterocycles. The number of amides is 1. The maximum Gasteiger partial charge on any atom is 0.308 e. The lowest BCUT2D eigenvalue weighted by Crippen LogP contribution is -2.30. The maximum absolute atomic E-state index is 12.3. The average molecular weight is 292 g/mol. The molecule has 3 rings (SSSR count). The van der Waals surface area contributed by atoms with Crippen LogP contribution in [0.15, 0.2) is 28.4 Å². The highest BCUT2D eigenvalue weighted by Gasteiger charge is 2.32. The molecular weight excluding hydrogens is 280 g/mol. The standard InChI is InChI=1S/C13H12N2O4S/c16-12(15-3-1-8(5-15)13(17)18)10-7-20-11(14-10)9-2-4-19-6-9/h2,4,6-8H,1,3,5H2,(H,17,18)/t8-/m1/s1. The number of rotatable bonds is 3. The van der Waals surface area contributed by atoms with E-state index in [1.807, 2.05) is 0 Å². The molecule has 0 radical (unpaired) electrons. The van der Waals surface area contributed by atoms with Gasteiger partial charge in [-0.15, -0.1) is 11.3 Å². The number of carbonyl (C=O) groups is 2. The van der Waals surface area contributed by atoms with Crippen LogP contribution >= 0.6 is 11.3 Å². The van der Waals surface area contributed by atoms with Crippen LogP contribution in [0.25, 0.3) is 10.6 Å². The summed E-state index contributed by atoms with van der Waals surface area (Å²) in [5.74, 6) is -1.52. The van der Waals surface area contributed by atoms with Crippen LogP contribution in [-0.4, -0.2) is 40.0 Å². The Morgan fingerprint density at radius 1 is 1.50 bits per heavy atom. The number of likely N-dealkylation sites (tertiary alicyclic amines) is 1. The van der Waals surface area contributed by atoms with Crippen molar-refractivity contribution in [3.8, 4) is 10.6 Å². The van der Waals surface area contributed by atoms with Gasteiger partial charge in [-0.2, -0.15) is 0 Å². The van der Waals surface area contributed by atoms with Gasteiger partial charge in [-0.25, -0.2) is 4.98 Å². The molecule has 1 aliphatic rings. The van der Waals surface area contributed by atoms with E-state index in [4.69, 9.17) is 9.52 Å². The molecule has 1 aliphatic heterocycles. The molecule has 0 aromatic carbocycles. The summed E-state index contributed by atoms with van der Waals surface area (Å²) in [6, 6.07) is 1.78. The average Bonchev–Trinajstić information content (AvgIpc) is 3.17. The summed E-state index contributed by atoms with van der Waals surface area (Å²) in [7, 11) is 0. The van der Waals surface area contributed by atoms with E-state index >= 15 is 0 Å². The number of hydrogen-bond donors (Lipinski definition) is 1. The summed E-state index contributed by atoms with van der Waals surface area (Å²) in [6.07, 6.45) is 3.62. The Balaban J connectivity index is 1.74. The number of carboxylic acid groups (broad SMARTS) is 1. The summed E-state index contributed by atoms with van der Waals surface area (Å²) in [4.78, 5) is 29.0. The zero-order valence-electron chi connectivity index (χ0n) is 10.5. The molecule has 1 atom stereocenters. The Morgan fingerprint density at radius 2 is 2.35 bits per heavy atom. The number of nitrogens with zero attached hydrogens (tertiary/aromatic N) is 2. The molecule has 0 aliphatic carbocycles. The van der Waals surface area contributed by atoms with Gasteiger partial charge in [0.25, 0.3) is 5.91 Å². The molecular formula is C13H12N2O4S. The van der Waals surface area contributed by atoms with Crippen LogP contribution < -0.4 is 0 Å². The molecule has 0 unspecified atom stereocenters. The molecule has 0 spiro atoms. The number of thiazole rings is 1. The summed E-state index contributed by atoms with van der Waals surface area (Å²) in [6.45, 7) is 0.723. The third-order valence-electron chi connectivity index (χ3n) is 3.32. The molecule has 1 N–H and O–H groups in total. The van der Waals surface area contributed by atoms with Gasteiger partial charge in [-0.05, 0) is 12.5 Å². The summed E-state index contributed by atoms with van der Waals surface area (Å²) in [5.41, 5.74) is 1.19. The second kappa shape index (κ2) is 5.09. The van der Waals surface area contributed by atoms with Gasteiger partial charge in [0, 0.05) is 24.0 Å². The van der Waals surface area contributed by atoms with Crippen molar-refractivity contribution in [2.75, 3.05) is 13.1 Å². The smallest absolute Gasteiger partial charge is 0.308 e. The number of aromatic nitrogens is 1. The molecule has 0 bridgehead atoms.